The zero-order valence-corrected chi connectivity index (χ0v) is 15.3. The topological polar surface area (TPSA) is 79.0 Å². The lowest BCUT2D eigenvalue weighted by molar-refractivity contribution is 0.122. The van der Waals surface area contributed by atoms with E-state index in [-0.39, 0.29) is 0 Å². The SMILES string of the molecule is c1cnc2[nH]cc(-c3ccnc(Nc4ccc(N5CCOCC5)cc4)n3)c2c1. The minimum atomic E-state index is 0.565. The summed E-state index contributed by atoms with van der Waals surface area (Å²) in [6.45, 7) is 3.42. The Labute approximate surface area is 162 Å². The van der Waals surface area contributed by atoms with Gasteiger partial charge in [0.05, 0.1) is 18.9 Å². The van der Waals surface area contributed by atoms with Crippen LogP contribution in [0.1, 0.15) is 0 Å². The van der Waals surface area contributed by atoms with Gasteiger partial charge in [-0.3, -0.25) is 0 Å². The van der Waals surface area contributed by atoms with Gasteiger partial charge in [-0.05, 0) is 42.5 Å². The molecule has 4 heterocycles. The van der Waals surface area contributed by atoms with Gasteiger partial charge >= 0.3 is 0 Å². The number of pyridine rings is 1. The average Bonchev–Trinajstić information content (AvgIpc) is 3.19. The summed E-state index contributed by atoms with van der Waals surface area (Å²) in [4.78, 5) is 18.9. The minimum Gasteiger partial charge on any atom is -0.378 e. The number of hydrogen-bond donors (Lipinski definition) is 2. The zero-order valence-electron chi connectivity index (χ0n) is 15.3. The van der Waals surface area contributed by atoms with E-state index in [4.69, 9.17) is 4.74 Å². The second kappa shape index (κ2) is 7.28. The van der Waals surface area contributed by atoms with Crippen LogP contribution in [-0.2, 0) is 4.74 Å². The monoisotopic (exact) mass is 372 g/mol. The smallest absolute Gasteiger partial charge is 0.227 e. The number of benzene rings is 1. The quantitative estimate of drug-likeness (QED) is 0.570. The van der Waals surface area contributed by atoms with Crippen LogP contribution in [0.4, 0.5) is 17.3 Å². The number of morpholine rings is 1. The molecule has 7 heteroatoms. The molecule has 0 spiro atoms. The molecule has 0 unspecified atom stereocenters. The van der Waals surface area contributed by atoms with Gasteiger partial charge in [0.15, 0.2) is 0 Å². The number of nitrogens with zero attached hydrogens (tertiary/aromatic N) is 4. The van der Waals surface area contributed by atoms with Crippen molar-refractivity contribution < 1.29 is 4.74 Å². The van der Waals surface area contributed by atoms with Crippen molar-refractivity contribution in [3.05, 3.63) is 61.1 Å². The van der Waals surface area contributed by atoms with Gasteiger partial charge in [-0.1, -0.05) is 0 Å². The fraction of sp³-hybridized carbons (Fsp3) is 0.190. The van der Waals surface area contributed by atoms with Crippen LogP contribution in [0.2, 0.25) is 0 Å². The van der Waals surface area contributed by atoms with Crippen molar-refractivity contribution in [1.82, 2.24) is 19.9 Å². The van der Waals surface area contributed by atoms with E-state index in [1.54, 1.807) is 12.4 Å². The minimum absolute atomic E-state index is 0.565. The Morgan fingerprint density at radius 3 is 2.68 bits per heavy atom. The highest BCUT2D eigenvalue weighted by Crippen LogP contribution is 2.27. The summed E-state index contributed by atoms with van der Waals surface area (Å²) < 4.78 is 5.42. The van der Waals surface area contributed by atoms with E-state index in [1.165, 1.54) is 5.69 Å². The van der Waals surface area contributed by atoms with Crippen molar-refractivity contribution >= 4 is 28.4 Å². The molecule has 0 atom stereocenters. The van der Waals surface area contributed by atoms with Crippen LogP contribution in [0.5, 0.6) is 0 Å². The number of aromatic amines is 1. The molecule has 0 amide bonds. The Morgan fingerprint density at radius 2 is 1.82 bits per heavy atom. The van der Waals surface area contributed by atoms with E-state index in [0.717, 1.165) is 54.3 Å². The van der Waals surface area contributed by atoms with E-state index in [2.05, 4.69) is 54.4 Å². The third kappa shape index (κ3) is 3.27. The highest BCUT2D eigenvalue weighted by molar-refractivity contribution is 5.92. The van der Waals surface area contributed by atoms with Crippen molar-refractivity contribution in [2.75, 3.05) is 36.5 Å². The number of H-pyrrole nitrogens is 1. The van der Waals surface area contributed by atoms with Gasteiger partial charge in [-0.15, -0.1) is 0 Å². The molecule has 1 aromatic carbocycles. The second-order valence-electron chi connectivity index (χ2n) is 6.64. The normalized spacial score (nSPS) is 14.4. The number of nitrogens with one attached hydrogen (secondary N) is 2. The molecular weight excluding hydrogens is 352 g/mol. The highest BCUT2D eigenvalue weighted by Gasteiger charge is 2.12. The average molecular weight is 372 g/mol. The lowest BCUT2D eigenvalue weighted by Crippen LogP contribution is -2.36. The number of rotatable bonds is 4. The van der Waals surface area contributed by atoms with Crippen LogP contribution in [-0.4, -0.2) is 46.2 Å². The Hall–Kier alpha value is -3.45. The van der Waals surface area contributed by atoms with Crippen LogP contribution in [0, 0.1) is 0 Å². The first-order chi connectivity index (χ1) is 13.9. The molecular formula is C21H20N6O. The van der Waals surface area contributed by atoms with Gasteiger partial charge in [0.25, 0.3) is 0 Å². The number of aromatic nitrogens is 4. The maximum atomic E-state index is 5.42. The van der Waals surface area contributed by atoms with Gasteiger partial charge in [-0.2, -0.15) is 0 Å². The molecule has 4 aromatic rings. The van der Waals surface area contributed by atoms with Crippen LogP contribution < -0.4 is 10.2 Å². The first kappa shape index (κ1) is 16.7. The van der Waals surface area contributed by atoms with Gasteiger partial charge in [0, 0.05) is 54.0 Å². The van der Waals surface area contributed by atoms with Gasteiger partial charge in [0.1, 0.15) is 5.65 Å². The van der Waals surface area contributed by atoms with Gasteiger partial charge in [0.2, 0.25) is 5.95 Å². The molecule has 28 heavy (non-hydrogen) atoms. The molecule has 0 aliphatic carbocycles. The molecule has 1 fully saturated rings. The van der Waals surface area contributed by atoms with Crippen LogP contribution in [0.15, 0.2) is 61.1 Å². The predicted octanol–water partition coefficient (Wildman–Crippen LogP) is 3.60. The van der Waals surface area contributed by atoms with Crippen molar-refractivity contribution in [1.29, 1.82) is 0 Å². The van der Waals surface area contributed by atoms with Crippen molar-refractivity contribution in [3.8, 4) is 11.3 Å². The van der Waals surface area contributed by atoms with Crippen molar-refractivity contribution in [2.45, 2.75) is 0 Å². The lowest BCUT2D eigenvalue weighted by Gasteiger charge is -2.28. The molecule has 0 saturated carbocycles. The van der Waals surface area contributed by atoms with E-state index in [9.17, 15) is 0 Å². The molecule has 1 saturated heterocycles. The standard InChI is InChI=1S/C21H20N6O/c1-2-17-18(14-24-20(17)22-8-1)19-7-9-23-21(26-19)25-15-3-5-16(6-4-15)27-10-12-28-13-11-27/h1-9,14H,10-13H2,(H,22,24)(H,23,25,26). The van der Waals surface area contributed by atoms with Crippen LogP contribution in [0.3, 0.4) is 0 Å². The van der Waals surface area contributed by atoms with Crippen molar-refractivity contribution in [3.63, 3.8) is 0 Å². The molecule has 0 bridgehead atoms. The van der Waals surface area contributed by atoms with Gasteiger partial charge < -0.3 is 19.9 Å². The molecule has 3 aromatic heterocycles. The van der Waals surface area contributed by atoms with E-state index < -0.39 is 0 Å². The molecule has 7 nitrogen and oxygen atoms in total. The first-order valence-corrected chi connectivity index (χ1v) is 9.32. The maximum Gasteiger partial charge on any atom is 0.227 e. The molecule has 0 radical (unpaired) electrons. The molecule has 2 N–H and O–H groups in total. The summed E-state index contributed by atoms with van der Waals surface area (Å²) in [6.07, 6.45) is 5.47. The summed E-state index contributed by atoms with van der Waals surface area (Å²) >= 11 is 0. The first-order valence-electron chi connectivity index (χ1n) is 9.32. The number of hydrogen-bond acceptors (Lipinski definition) is 6. The second-order valence-corrected chi connectivity index (χ2v) is 6.64. The van der Waals surface area contributed by atoms with E-state index in [1.807, 2.05) is 24.4 Å². The summed E-state index contributed by atoms with van der Waals surface area (Å²) in [5, 5.41) is 4.34. The Kier molecular flexibility index (Phi) is 4.34. The third-order valence-electron chi connectivity index (χ3n) is 4.88. The number of anilines is 3. The molecule has 1 aliphatic heterocycles. The van der Waals surface area contributed by atoms with E-state index in [0.29, 0.717) is 5.95 Å². The summed E-state index contributed by atoms with van der Waals surface area (Å²) in [7, 11) is 0. The van der Waals surface area contributed by atoms with E-state index >= 15 is 0 Å². The Balaban J connectivity index is 1.37. The number of fused-ring (bicyclic) bond motifs is 1. The predicted molar refractivity (Wildman–Crippen MR) is 110 cm³/mol. The summed E-state index contributed by atoms with van der Waals surface area (Å²) in [5.74, 6) is 0.565. The molecule has 140 valence electrons. The third-order valence-corrected chi connectivity index (χ3v) is 4.88. The Morgan fingerprint density at radius 1 is 0.964 bits per heavy atom. The van der Waals surface area contributed by atoms with Gasteiger partial charge in [-0.25, -0.2) is 15.0 Å². The maximum absolute atomic E-state index is 5.42. The fourth-order valence-corrected chi connectivity index (χ4v) is 3.44. The lowest BCUT2D eigenvalue weighted by atomic mass is 10.1. The molecule has 5 rings (SSSR count). The summed E-state index contributed by atoms with van der Waals surface area (Å²) in [5.41, 5.74) is 4.87. The Bertz CT molecular complexity index is 1090. The fourth-order valence-electron chi connectivity index (χ4n) is 3.44. The largest absolute Gasteiger partial charge is 0.378 e. The van der Waals surface area contributed by atoms with Crippen LogP contribution >= 0.6 is 0 Å². The highest BCUT2D eigenvalue weighted by atomic mass is 16.5. The van der Waals surface area contributed by atoms with Crippen LogP contribution in [0.25, 0.3) is 22.3 Å². The zero-order chi connectivity index (χ0) is 18.8. The van der Waals surface area contributed by atoms with Crippen molar-refractivity contribution in [2.24, 2.45) is 0 Å². The summed E-state index contributed by atoms with van der Waals surface area (Å²) in [6, 6.07) is 14.2. The number of ether oxygens (including phenoxy) is 1. The molecule has 1 aliphatic rings.